The lowest BCUT2D eigenvalue weighted by molar-refractivity contribution is -0.108. The van der Waals surface area contributed by atoms with Gasteiger partial charge < -0.3 is 4.79 Å². The predicted octanol–water partition coefficient (Wildman–Crippen LogP) is 2.32. The van der Waals surface area contributed by atoms with Gasteiger partial charge in [0.1, 0.15) is 6.29 Å². The zero-order valence-electron chi connectivity index (χ0n) is 9.36. The Morgan fingerprint density at radius 1 is 1.40 bits per heavy atom. The van der Waals surface area contributed by atoms with E-state index in [1.54, 1.807) is 0 Å². The molecule has 0 fully saturated rings. The fourth-order valence-electron chi connectivity index (χ4n) is 2.17. The fourth-order valence-corrected chi connectivity index (χ4v) is 2.17. The summed E-state index contributed by atoms with van der Waals surface area (Å²) in [5.41, 5.74) is 4.14. The van der Waals surface area contributed by atoms with Crippen LogP contribution in [0.3, 0.4) is 0 Å². The van der Waals surface area contributed by atoms with E-state index in [9.17, 15) is 4.79 Å². The standard InChI is InChI=1S/C13H17NO/c1-10(5-6-15)11-3-4-12-8-14(2)9-13(12)7-11/h3-4,6-7,10H,5,8-9H2,1-2H3. The molecule has 0 amide bonds. The van der Waals surface area contributed by atoms with Crippen molar-refractivity contribution in [2.24, 2.45) is 0 Å². The lowest BCUT2D eigenvalue weighted by Crippen LogP contribution is -2.07. The molecular weight excluding hydrogens is 186 g/mol. The molecule has 0 bridgehead atoms. The highest BCUT2D eigenvalue weighted by Gasteiger charge is 2.16. The third-order valence-electron chi connectivity index (χ3n) is 3.13. The van der Waals surface area contributed by atoms with Crippen molar-refractivity contribution in [1.29, 1.82) is 0 Å². The van der Waals surface area contributed by atoms with Crippen LogP contribution in [0.5, 0.6) is 0 Å². The molecule has 0 saturated heterocycles. The first kappa shape index (κ1) is 10.4. The van der Waals surface area contributed by atoms with E-state index in [4.69, 9.17) is 0 Å². The number of aldehydes is 1. The average molecular weight is 203 g/mol. The maximum atomic E-state index is 10.5. The number of carbonyl (C=O) groups excluding carboxylic acids is 1. The van der Waals surface area contributed by atoms with Crippen molar-refractivity contribution < 1.29 is 4.79 Å². The Labute approximate surface area is 90.9 Å². The molecule has 1 aliphatic heterocycles. The summed E-state index contributed by atoms with van der Waals surface area (Å²) in [7, 11) is 2.13. The van der Waals surface area contributed by atoms with Crippen LogP contribution >= 0.6 is 0 Å². The quantitative estimate of drug-likeness (QED) is 0.703. The van der Waals surface area contributed by atoms with Gasteiger partial charge in [0, 0.05) is 19.5 Å². The largest absolute Gasteiger partial charge is 0.303 e. The molecule has 2 heteroatoms. The summed E-state index contributed by atoms with van der Waals surface area (Å²) >= 11 is 0. The summed E-state index contributed by atoms with van der Waals surface area (Å²) < 4.78 is 0. The minimum atomic E-state index is 0.346. The third kappa shape index (κ3) is 2.10. The summed E-state index contributed by atoms with van der Waals surface area (Å²) in [6.07, 6.45) is 1.62. The van der Waals surface area contributed by atoms with E-state index in [1.165, 1.54) is 16.7 Å². The highest BCUT2D eigenvalue weighted by Crippen LogP contribution is 2.26. The van der Waals surface area contributed by atoms with Gasteiger partial charge in [-0.3, -0.25) is 4.90 Å². The monoisotopic (exact) mass is 203 g/mol. The Kier molecular flexibility index (Phi) is 2.87. The maximum absolute atomic E-state index is 10.5. The van der Waals surface area contributed by atoms with Crippen molar-refractivity contribution in [1.82, 2.24) is 4.90 Å². The van der Waals surface area contributed by atoms with Crippen LogP contribution in [-0.2, 0) is 17.9 Å². The summed E-state index contributed by atoms with van der Waals surface area (Å²) in [4.78, 5) is 12.8. The molecule has 1 atom stereocenters. The smallest absolute Gasteiger partial charge is 0.120 e. The minimum Gasteiger partial charge on any atom is -0.303 e. The Morgan fingerprint density at radius 2 is 2.13 bits per heavy atom. The van der Waals surface area contributed by atoms with Crippen LogP contribution in [0.25, 0.3) is 0 Å². The number of hydrogen-bond acceptors (Lipinski definition) is 2. The van der Waals surface area contributed by atoms with Crippen LogP contribution in [0.1, 0.15) is 36.0 Å². The van der Waals surface area contributed by atoms with Gasteiger partial charge in [0.25, 0.3) is 0 Å². The van der Waals surface area contributed by atoms with Crippen molar-refractivity contribution in [2.75, 3.05) is 7.05 Å². The summed E-state index contributed by atoms with van der Waals surface area (Å²) in [6.45, 7) is 4.20. The van der Waals surface area contributed by atoms with Crippen molar-refractivity contribution >= 4 is 6.29 Å². The van der Waals surface area contributed by atoms with Crippen molar-refractivity contribution in [3.63, 3.8) is 0 Å². The van der Waals surface area contributed by atoms with Gasteiger partial charge >= 0.3 is 0 Å². The molecule has 80 valence electrons. The second kappa shape index (κ2) is 4.15. The molecule has 0 N–H and O–H groups in total. The van der Waals surface area contributed by atoms with Gasteiger partial charge in [-0.15, -0.1) is 0 Å². The number of fused-ring (bicyclic) bond motifs is 1. The molecule has 0 aromatic heterocycles. The third-order valence-corrected chi connectivity index (χ3v) is 3.13. The summed E-state index contributed by atoms with van der Waals surface area (Å²) in [5.74, 6) is 0.346. The van der Waals surface area contributed by atoms with Crippen LogP contribution in [0.2, 0.25) is 0 Å². The maximum Gasteiger partial charge on any atom is 0.120 e. The van der Waals surface area contributed by atoms with Crippen molar-refractivity contribution in [3.8, 4) is 0 Å². The molecule has 1 aromatic rings. The molecule has 0 aliphatic carbocycles. The van der Waals surface area contributed by atoms with E-state index in [1.807, 2.05) is 0 Å². The molecule has 0 radical (unpaired) electrons. The Hall–Kier alpha value is -1.15. The zero-order valence-corrected chi connectivity index (χ0v) is 9.36. The van der Waals surface area contributed by atoms with Crippen LogP contribution in [-0.4, -0.2) is 18.2 Å². The Balaban J connectivity index is 2.23. The molecule has 1 heterocycles. The van der Waals surface area contributed by atoms with E-state index < -0.39 is 0 Å². The molecule has 15 heavy (non-hydrogen) atoms. The molecule has 2 nitrogen and oxygen atoms in total. The zero-order chi connectivity index (χ0) is 10.8. The molecule has 0 saturated carbocycles. The topological polar surface area (TPSA) is 20.3 Å². The van der Waals surface area contributed by atoms with Crippen LogP contribution < -0.4 is 0 Å². The normalized spacial score (nSPS) is 17.5. The van der Waals surface area contributed by atoms with Crippen LogP contribution in [0.15, 0.2) is 18.2 Å². The van der Waals surface area contributed by atoms with Gasteiger partial charge in [0.2, 0.25) is 0 Å². The van der Waals surface area contributed by atoms with Crippen molar-refractivity contribution in [3.05, 3.63) is 34.9 Å². The second-order valence-electron chi connectivity index (χ2n) is 4.50. The molecule has 1 aliphatic rings. The van der Waals surface area contributed by atoms with E-state index in [2.05, 4.69) is 37.1 Å². The first-order valence-corrected chi connectivity index (χ1v) is 5.44. The molecule has 1 unspecified atom stereocenters. The second-order valence-corrected chi connectivity index (χ2v) is 4.50. The number of rotatable bonds is 3. The highest BCUT2D eigenvalue weighted by atomic mass is 16.1. The van der Waals surface area contributed by atoms with E-state index in [-0.39, 0.29) is 0 Å². The van der Waals surface area contributed by atoms with Gasteiger partial charge in [0.05, 0.1) is 0 Å². The number of hydrogen-bond donors (Lipinski definition) is 0. The Bertz CT molecular complexity index is 373. The lowest BCUT2D eigenvalue weighted by atomic mass is 9.95. The van der Waals surface area contributed by atoms with Crippen molar-refractivity contribution in [2.45, 2.75) is 32.4 Å². The van der Waals surface area contributed by atoms with E-state index >= 15 is 0 Å². The van der Waals surface area contributed by atoms with E-state index in [0.717, 1.165) is 19.4 Å². The number of nitrogens with zero attached hydrogens (tertiary/aromatic N) is 1. The van der Waals surface area contributed by atoms with Gasteiger partial charge in [-0.05, 0) is 29.7 Å². The highest BCUT2D eigenvalue weighted by molar-refractivity contribution is 5.51. The Morgan fingerprint density at radius 3 is 2.87 bits per heavy atom. The van der Waals surface area contributed by atoms with Gasteiger partial charge in [-0.2, -0.15) is 0 Å². The summed E-state index contributed by atoms with van der Waals surface area (Å²) in [5, 5.41) is 0. The number of benzene rings is 1. The lowest BCUT2D eigenvalue weighted by Gasteiger charge is -2.09. The fraction of sp³-hybridized carbons (Fsp3) is 0.462. The van der Waals surface area contributed by atoms with Crippen LogP contribution in [0, 0.1) is 0 Å². The predicted molar refractivity (Wildman–Crippen MR) is 60.7 cm³/mol. The average Bonchev–Trinajstić information content (AvgIpc) is 2.57. The molecule has 2 rings (SSSR count). The summed E-state index contributed by atoms with van der Waals surface area (Å²) in [6, 6.07) is 6.62. The van der Waals surface area contributed by atoms with Gasteiger partial charge in [-0.1, -0.05) is 25.1 Å². The minimum absolute atomic E-state index is 0.346. The molecular formula is C13H17NO. The first-order chi connectivity index (χ1) is 7.20. The molecule has 1 aromatic carbocycles. The first-order valence-electron chi connectivity index (χ1n) is 5.44. The van der Waals surface area contributed by atoms with E-state index in [0.29, 0.717) is 12.3 Å². The SMILES string of the molecule is CC(CC=O)c1ccc2c(c1)CN(C)C2. The van der Waals surface area contributed by atoms with Crippen LogP contribution in [0.4, 0.5) is 0 Å². The van der Waals surface area contributed by atoms with Gasteiger partial charge in [-0.25, -0.2) is 0 Å². The van der Waals surface area contributed by atoms with Gasteiger partial charge in [0.15, 0.2) is 0 Å². The molecule has 0 spiro atoms. The number of carbonyl (C=O) groups is 1.